The van der Waals surface area contributed by atoms with Crippen molar-refractivity contribution in [2.45, 2.75) is 5.92 Å². The highest BCUT2D eigenvalue weighted by molar-refractivity contribution is 5.81. The van der Waals surface area contributed by atoms with Crippen molar-refractivity contribution in [1.29, 1.82) is 0 Å². The van der Waals surface area contributed by atoms with Gasteiger partial charge >= 0.3 is 0 Å². The minimum atomic E-state index is -0.545. The summed E-state index contributed by atoms with van der Waals surface area (Å²) in [7, 11) is 0. The Morgan fingerprint density at radius 3 is 2.82 bits per heavy atom. The molecular formula is C8H9N2O. The average Bonchev–Trinajstić information content (AvgIpc) is 2.05. The number of pyridine rings is 1. The minimum Gasteiger partial charge on any atom is -0.369 e. The molecule has 1 rings (SSSR count). The summed E-state index contributed by atoms with van der Waals surface area (Å²) < 4.78 is 0. The fourth-order valence-corrected chi connectivity index (χ4v) is 0.728. The van der Waals surface area contributed by atoms with Crippen molar-refractivity contribution in [1.82, 2.24) is 4.98 Å². The van der Waals surface area contributed by atoms with Crippen LogP contribution in [0.1, 0.15) is 11.6 Å². The van der Waals surface area contributed by atoms with E-state index in [0.717, 1.165) is 0 Å². The number of hydrogen-bond donors (Lipinski definition) is 1. The highest BCUT2D eigenvalue weighted by Crippen LogP contribution is 2.08. The SMILES string of the molecule is [CH2]C(C(N)=O)c1ccccn1. The molecule has 1 aromatic rings. The van der Waals surface area contributed by atoms with Gasteiger partial charge in [0.2, 0.25) is 5.91 Å². The second-order valence-electron chi connectivity index (χ2n) is 2.21. The van der Waals surface area contributed by atoms with Crippen LogP contribution in [0, 0.1) is 6.92 Å². The number of aromatic nitrogens is 1. The topological polar surface area (TPSA) is 56.0 Å². The van der Waals surface area contributed by atoms with Crippen molar-refractivity contribution in [2.24, 2.45) is 5.73 Å². The van der Waals surface area contributed by atoms with Gasteiger partial charge in [-0.25, -0.2) is 0 Å². The van der Waals surface area contributed by atoms with Crippen LogP contribution in [-0.2, 0) is 4.79 Å². The molecule has 1 radical (unpaired) electrons. The summed E-state index contributed by atoms with van der Waals surface area (Å²) in [5.74, 6) is -1.00. The van der Waals surface area contributed by atoms with Crippen molar-refractivity contribution in [3.05, 3.63) is 37.0 Å². The van der Waals surface area contributed by atoms with Gasteiger partial charge in [0.15, 0.2) is 0 Å². The Kier molecular flexibility index (Phi) is 2.21. The maximum Gasteiger partial charge on any atom is 0.226 e. The summed E-state index contributed by atoms with van der Waals surface area (Å²) in [5.41, 5.74) is 5.64. The number of nitrogens with two attached hydrogens (primary N) is 1. The van der Waals surface area contributed by atoms with Gasteiger partial charge in [0.25, 0.3) is 0 Å². The van der Waals surface area contributed by atoms with E-state index >= 15 is 0 Å². The van der Waals surface area contributed by atoms with Crippen LogP contribution in [0.2, 0.25) is 0 Å². The highest BCUT2D eigenvalue weighted by Gasteiger charge is 2.11. The summed E-state index contributed by atoms with van der Waals surface area (Å²) in [6.45, 7) is 3.57. The summed E-state index contributed by atoms with van der Waals surface area (Å²) in [6.07, 6.45) is 1.61. The van der Waals surface area contributed by atoms with E-state index in [1.165, 1.54) is 0 Å². The molecule has 0 bridgehead atoms. The van der Waals surface area contributed by atoms with Crippen molar-refractivity contribution < 1.29 is 4.79 Å². The van der Waals surface area contributed by atoms with Gasteiger partial charge in [-0.1, -0.05) is 6.07 Å². The smallest absolute Gasteiger partial charge is 0.226 e. The number of nitrogens with zero attached hydrogens (tertiary/aromatic N) is 1. The number of primary amides is 1. The average molecular weight is 149 g/mol. The molecule has 0 aliphatic heterocycles. The van der Waals surface area contributed by atoms with Crippen LogP contribution in [0.15, 0.2) is 24.4 Å². The number of carbonyl (C=O) groups excluding carboxylic acids is 1. The molecule has 57 valence electrons. The zero-order valence-electron chi connectivity index (χ0n) is 6.03. The molecule has 0 aliphatic carbocycles. The van der Waals surface area contributed by atoms with Crippen LogP contribution in [0.5, 0.6) is 0 Å². The zero-order chi connectivity index (χ0) is 8.27. The van der Waals surface area contributed by atoms with Crippen LogP contribution >= 0.6 is 0 Å². The van der Waals surface area contributed by atoms with Crippen molar-refractivity contribution in [2.75, 3.05) is 0 Å². The second-order valence-corrected chi connectivity index (χ2v) is 2.21. The minimum absolute atomic E-state index is 0.455. The molecule has 1 unspecified atom stereocenters. The van der Waals surface area contributed by atoms with E-state index < -0.39 is 11.8 Å². The van der Waals surface area contributed by atoms with Gasteiger partial charge < -0.3 is 5.73 Å². The Morgan fingerprint density at radius 2 is 2.36 bits per heavy atom. The largest absolute Gasteiger partial charge is 0.369 e. The maximum absolute atomic E-state index is 10.6. The fraction of sp³-hybridized carbons (Fsp3) is 0.125. The molecular weight excluding hydrogens is 140 g/mol. The highest BCUT2D eigenvalue weighted by atomic mass is 16.1. The van der Waals surface area contributed by atoms with E-state index in [-0.39, 0.29) is 0 Å². The zero-order valence-corrected chi connectivity index (χ0v) is 6.03. The number of carbonyl (C=O) groups is 1. The Balaban J connectivity index is 2.85. The first kappa shape index (κ1) is 7.72. The van der Waals surface area contributed by atoms with Crippen molar-refractivity contribution in [3.8, 4) is 0 Å². The lowest BCUT2D eigenvalue weighted by Crippen LogP contribution is -2.19. The van der Waals surface area contributed by atoms with Crippen LogP contribution in [0.25, 0.3) is 0 Å². The van der Waals surface area contributed by atoms with E-state index in [2.05, 4.69) is 11.9 Å². The fourth-order valence-electron chi connectivity index (χ4n) is 0.728. The van der Waals surface area contributed by atoms with E-state index in [1.807, 2.05) is 0 Å². The first-order valence-corrected chi connectivity index (χ1v) is 3.25. The first-order chi connectivity index (χ1) is 5.22. The lowest BCUT2D eigenvalue weighted by molar-refractivity contribution is -0.118. The predicted octanol–water partition coefficient (Wildman–Crippen LogP) is 0.485. The van der Waals surface area contributed by atoms with E-state index in [9.17, 15) is 4.79 Å². The molecule has 1 aromatic heterocycles. The number of amides is 1. The van der Waals surface area contributed by atoms with Gasteiger partial charge in [0.1, 0.15) is 0 Å². The molecule has 1 atom stereocenters. The lowest BCUT2D eigenvalue weighted by Gasteiger charge is -2.03. The van der Waals surface area contributed by atoms with Gasteiger partial charge in [-0.2, -0.15) is 0 Å². The molecule has 0 spiro atoms. The van der Waals surface area contributed by atoms with E-state index in [0.29, 0.717) is 5.69 Å². The normalized spacial score (nSPS) is 12.5. The number of hydrogen-bond acceptors (Lipinski definition) is 2. The molecule has 11 heavy (non-hydrogen) atoms. The molecule has 0 aromatic carbocycles. The number of rotatable bonds is 2. The lowest BCUT2D eigenvalue weighted by atomic mass is 10.1. The molecule has 1 amide bonds. The monoisotopic (exact) mass is 149 g/mol. The van der Waals surface area contributed by atoms with E-state index in [1.54, 1.807) is 24.4 Å². The molecule has 0 saturated carbocycles. The van der Waals surface area contributed by atoms with Crippen molar-refractivity contribution >= 4 is 5.91 Å². The van der Waals surface area contributed by atoms with Crippen LogP contribution in [0.4, 0.5) is 0 Å². The summed E-state index contributed by atoms with van der Waals surface area (Å²) in [6, 6.07) is 5.29. The molecule has 0 saturated heterocycles. The maximum atomic E-state index is 10.6. The van der Waals surface area contributed by atoms with Crippen molar-refractivity contribution in [3.63, 3.8) is 0 Å². The summed E-state index contributed by atoms with van der Waals surface area (Å²) >= 11 is 0. The molecule has 1 heterocycles. The van der Waals surface area contributed by atoms with E-state index in [4.69, 9.17) is 5.73 Å². The third-order valence-corrected chi connectivity index (χ3v) is 1.39. The molecule has 0 fully saturated rings. The molecule has 0 aliphatic rings. The third-order valence-electron chi connectivity index (χ3n) is 1.39. The van der Waals surface area contributed by atoms with Gasteiger partial charge in [0, 0.05) is 6.20 Å². The van der Waals surface area contributed by atoms with Crippen LogP contribution < -0.4 is 5.73 Å². The molecule has 3 heteroatoms. The van der Waals surface area contributed by atoms with Crippen LogP contribution in [0.3, 0.4) is 0 Å². The van der Waals surface area contributed by atoms with Crippen LogP contribution in [-0.4, -0.2) is 10.9 Å². The first-order valence-electron chi connectivity index (χ1n) is 3.25. The quantitative estimate of drug-likeness (QED) is 0.665. The Morgan fingerprint density at radius 1 is 1.64 bits per heavy atom. The Bertz CT molecular complexity index is 246. The summed E-state index contributed by atoms with van der Waals surface area (Å²) in [5, 5.41) is 0. The Hall–Kier alpha value is -1.38. The molecule has 3 nitrogen and oxygen atoms in total. The van der Waals surface area contributed by atoms with Gasteiger partial charge in [-0.05, 0) is 19.1 Å². The third kappa shape index (κ3) is 1.77. The van der Waals surface area contributed by atoms with Gasteiger partial charge in [-0.3, -0.25) is 9.78 Å². The van der Waals surface area contributed by atoms with Gasteiger partial charge in [-0.15, -0.1) is 0 Å². The predicted molar refractivity (Wildman–Crippen MR) is 41.5 cm³/mol. The standard InChI is InChI=1S/C8H9N2O/c1-6(8(9)11)7-4-2-3-5-10-7/h2-6H,1H2,(H2,9,11). The molecule has 2 N–H and O–H groups in total. The Labute approximate surface area is 65.2 Å². The second kappa shape index (κ2) is 3.14. The summed E-state index contributed by atoms with van der Waals surface area (Å²) in [4.78, 5) is 14.6. The van der Waals surface area contributed by atoms with Gasteiger partial charge in [0.05, 0.1) is 11.6 Å².